The van der Waals surface area contributed by atoms with Gasteiger partial charge in [-0.05, 0) is 31.5 Å². The standard InChI is InChI=1S/C10H18N2O2/c11-6-2-1-3-9(12)10-5-4-8(7-13)14-10/h4-5,9,13H,1-3,6-7,11-12H2/t9-/m1/s1. The Labute approximate surface area is 83.9 Å². The van der Waals surface area contributed by atoms with E-state index < -0.39 is 0 Å². The van der Waals surface area contributed by atoms with Gasteiger partial charge < -0.3 is 21.0 Å². The van der Waals surface area contributed by atoms with Crippen molar-refractivity contribution in [2.45, 2.75) is 31.9 Å². The fraction of sp³-hybridized carbons (Fsp3) is 0.600. The average molecular weight is 198 g/mol. The molecule has 1 atom stereocenters. The Morgan fingerprint density at radius 2 is 2.14 bits per heavy atom. The van der Waals surface area contributed by atoms with E-state index in [-0.39, 0.29) is 12.6 Å². The number of nitrogens with two attached hydrogens (primary N) is 2. The second-order valence-corrected chi connectivity index (χ2v) is 3.35. The predicted octanol–water partition coefficient (Wildman–Crippen LogP) is 0.901. The van der Waals surface area contributed by atoms with Gasteiger partial charge in [-0.2, -0.15) is 0 Å². The van der Waals surface area contributed by atoms with E-state index in [0.717, 1.165) is 25.0 Å². The van der Waals surface area contributed by atoms with Crippen molar-refractivity contribution < 1.29 is 9.52 Å². The summed E-state index contributed by atoms with van der Waals surface area (Å²) in [7, 11) is 0. The molecular weight excluding hydrogens is 180 g/mol. The number of furan rings is 1. The highest BCUT2D eigenvalue weighted by molar-refractivity contribution is 5.09. The molecule has 1 heterocycles. The quantitative estimate of drug-likeness (QED) is 0.593. The molecule has 80 valence electrons. The molecular formula is C10H18N2O2. The van der Waals surface area contributed by atoms with Gasteiger partial charge in [-0.15, -0.1) is 0 Å². The van der Waals surface area contributed by atoms with Crippen molar-refractivity contribution in [2.24, 2.45) is 11.5 Å². The summed E-state index contributed by atoms with van der Waals surface area (Å²) in [6.45, 7) is 0.627. The Hall–Kier alpha value is -0.840. The summed E-state index contributed by atoms with van der Waals surface area (Å²) in [4.78, 5) is 0. The number of aliphatic hydroxyl groups is 1. The van der Waals surface area contributed by atoms with Gasteiger partial charge in [-0.1, -0.05) is 6.42 Å². The smallest absolute Gasteiger partial charge is 0.129 e. The lowest BCUT2D eigenvalue weighted by Gasteiger charge is -2.07. The lowest BCUT2D eigenvalue weighted by Crippen LogP contribution is -2.10. The fourth-order valence-corrected chi connectivity index (χ4v) is 1.33. The first-order valence-corrected chi connectivity index (χ1v) is 4.93. The SMILES string of the molecule is NCCCC[C@@H](N)c1ccc(CO)o1. The molecule has 0 unspecified atom stereocenters. The Bertz CT molecular complexity index is 260. The molecule has 5 N–H and O–H groups in total. The molecule has 0 aliphatic heterocycles. The summed E-state index contributed by atoms with van der Waals surface area (Å²) in [5, 5.41) is 8.80. The lowest BCUT2D eigenvalue weighted by atomic mass is 10.1. The predicted molar refractivity (Wildman–Crippen MR) is 54.5 cm³/mol. The van der Waals surface area contributed by atoms with E-state index >= 15 is 0 Å². The van der Waals surface area contributed by atoms with Crippen LogP contribution in [0.25, 0.3) is 0 Å². The first-order valence-electron chi connectivity index (χ1n) is 4.93. The second kappa shape index (κ2) is 5.80. The van der Waals surface area contributed by atoms with E-state index in [1.807, 2.05) is 6.07 Å². The second-order valence-electron chi connectivity index (χ2n) is 3.35. The summed E-state index contributed by atoms with van der Waals surface area (Å²) in [5.74, 6) is 1.31. The highest BCUT2D eigenvalue weighted by Crippen LogP contribution is 2.19. The van der Waals surface area contributed by atoms with Crippen LogP contribution in [-0.2, 0) is 6.61 Å². The van der Waals surface area contributed by atoms with Crippen LogP contribution in [0.3, 0.4) is 0 Å². The minimum atomic E-state index is -0.0816. The van der Waals surface area contributed by atoms with Gasteiger partial charge in [0.25, 0.3) is 0 Å². The zero-order chi connectivity index (χ0) is 10.4. The molecule has 0 spiro atoms. The van der Waals surface area contributed by atoms with Crippen molar-refractivity contribution >= 4 is 0 Å². The van der Waals surface area contributed by atoms with Crippen molar-refractivity contribution in [1.82, 2.24) is 0 Å². The van der Waals surface area contributed by atoms with Crippen LogP contribution in [0.5, 0.6) is 0 Å². The Kier molecular flexibility index (Phi) is 4.65. The number of aliphatic hydroxyl groups excluding tert-OH is 1. The number of hydrogen-bond acceptors (Lipinski definition) is 4. The highest BCUT2D eigenvalue weighted by Gasteiger charge is 2.09. The first-order chi connectivity index (χ1) is 6.77. The molecule has 4 heteroatoms. The minimum absolute atomic E-state index is 0.0739. The van der Waals surface area contributed by atoms with Crippen molar-refractivity contribution in [2.75, 3.05) is 6.54 Å². The van der Waals surface area contributed by atoms with E-state index in [1.54, 1.807) is 6.07 Å². The highest BCUT2D eigenvalue weighted by atomic mass is 16.4. The summed E-state index contributed by atoms with van der Waals surface area (Å²) in [6.07, 6.45) is 2.86. The third-order valence-electron chi connectivity index (χ3n) is 2.17. The zero-order valence-electron chi connectivity index (χ0n) is 8.28. The first kappa shape index (κ1) is 11.2. The zero-order valence-corrected chi connectivity index (χ0v) is 8.28. The van der Waals surface area contributed by atoms with Crippen LogP contribution in [-0.4, -0.2) is 11.7 Å². The van der Waals surface area contributed by atoms with E-state index in [1.165, 1.54) is 0 Å². The summed E-state index contributed by atoms with van der Waals surface area (Å²) in [6, 6.07) is 3.48. The van der Waals surface area contributed by atoms with Crippen LogP contribution in [0.2, 0.25) is 0 Å². The Balaban J connectivity index is 2.39. The van der Waals surface area contributed by atoms with Gasteiger partial charge in [0, 0.05) is 0 Å². The minimum Gasteiger partial charge on any atom is -0.462 e. The van der Waals surface area contributed by atoms with E-state index in [4.69, 9.17) is 21.0 Å². The normalized spacial score (nSPS) is 13.1. The monoisotopic (exact) mass is 198 g/mol. The van der Waals surface area contributed by atoms with Crippen molar-refractivity contribution in [1.29, 1.82) is 0 Å². The summed E-state index contributed by atoms with van der Waals surface area (Å²) in [5.41, 5.74) is 11.3. The van der Waals surface area contributed by atoms with Crippen molar-refractivity contribution in [3.63, 3.8) is 0 Å². The van der Waals surface area contributed by atoms with Gasteiger partial charge in [0.2, 0.25) is 0 Å². The summed E-state index contributed by atoms with van der Waals surface area (Å²) < 4.78 is 5.32. The maximum absolute atomic E-state index is 8.80. The van der Waals surface area contributed by atoms with Crippen LogP contribution < -0.4 is 11.5 Å². The lowest BCUT2D eigenvalue weighted by molar-refractivity contribution is 0.241. The molecule has 0 amide bonds. The van der Waals surface area contributed by atoms with E-state index in [0.29, 0.717) is 12.3 Å². The van der Waals surface area contributed by atoms with Crippen LogP contribution in [0, 0.1) is 0 Å². The maximum atomic E-state index is 8.80. The number of unbranched alkanes of at least 4 members (excludes halogenated alkanes) is 1. The van der Waals surface area contributed by atoms with Crippen LogP contribution >= 0.6 is 0 Å². The van der Waals surface area contributed by atoms with Gasteiger partial charge in [0.1, 0.15) is 18.1 Å². The molecule has 1 aromatic heterocycles. The molecule has 0 bridgehead atoms. The molecule has 14 heavy (non-hydrogen) atoms. The average Bonchev–Trinajstić information content (AvgIpc) is 2.66. The third kappa shape index (κ3) is 3.14. The van der Waals surface area contributed by atoms with Crippen molar-refractivity contribution in [3.8, 4) is 0 Å². The molecule has 1 rings (SSSR count). The molecule has 0 saturated carbocycles. The molecule has 1 aromatic rings. The third-order valence-corrected chi connectivity index (χ3v) is 2.17. The Morgan fingerprint density at radius 1 is 1.36 bits per heavy atom. The molecule has 0 radical (unpaired) electrons. The summed E-state index contributed by atoms with van der Waals surface area (Å²) >= 11 is 0. The van der Waals surface area contributed by atoms with Crippen LogP contribution in [0.4, 0.5) is 0 Å². The molecule has 0 aliphatic carbocycles. The topological polar surface area (TPSA) is 85.4 Å². The van der Waals surface area contributed by atoms with Crippen LogP contribution in [0.15, 0.2) is 16.5 Å². The number of hydrogen-bond donors (Lipinski definition) is 3. The van der Waals surface area contributed by atoms with Gasteiger partial charge in [-0.3, -0.25) is 0 Å². The molecule has 0 fully saturated rings. The van der Waals surface area contributed by atoms with Crippen molar-refractivity contribution in [3.05, 3.63) is 23.7 Å². The molecule has 4 nitrogen and oxygen atoms in total. The molecule has 0 saturated heterocycles. The fourth-order valence-electron chi connectivity index (χ4n) is 1.33. The number of rotatable bonds is 6. The largest absolute Gasteiger partial charge is 0.462 e. The molecule has 0 aliphatic rings. The van der Waals surface area contributed by atoms with Crippen LogP contribution in [0.1, 0.15) is 36.8 Å². The van der Waals surface area contributed by atoms with E-state index in [9.17, 15) is 0 Å². The van der Waals surface area contributed by atoms with Gasteiger partial charge in [0.05, 0.1) is 6.04 Å². The van der Waals surface area contributed by atoms with Gasteiger partial charge in [-0.25, -0.2) is 0 Å². The van der Waals surface area contributed by atoms with E-state index in [2.05, 4.69) is 0 Å². The molecule has 0 aromatic carbocycles. The van der Waals surface area contributed by atoms with Gasteiger partial charge >= 0.3 is 0 Å². The van der Waals surface area contributed by atoms with Gasteiger partial charge in [0.15, 0.2) is 0 Å². The Morgan fingerprint density at radius 3 is 2.71 bits per heavy atom. The maximum Gasteiger partial charge on any atom is 0.129 e.